The Morgan fingerprint density at radius 2 is 1.68 bits per heavy atom. The van der Waals surface area contributed by atoms with E-state index in [0.717, 1.165) is 16.4 Å². The summed E-state index contributed by atoms with van der Waals surface area (Å²) in [5.74, 6) is 10.8. The van der Waals surface area contributed by atoms with E-state index >= 15 is 0 Å². The van der Waals surface area contributed by atoms with E-state index in [2.05, 4.69) is 6.58 Å². The van der Waals surface area contributed by atoms with E-state index in [-0.39, 0.29) is 6.04 Å². The van der Waals surface area contributed by atoms with E-state index in [1.165, 1.54) is 0 Å². The first-order valence-corrected chi connectivity index (χ1v) is 7.12. The molecule has 10 N–H and O–H groups in total. The molecule has 0 aliphatic heterocycles. The first-order valence-electron chi connectivity index (χ1n) is 7.12. The van der Waals surface area contributed by atoms with Crippen molar-refractivity contribution in [3.05, 3.63) is 66.0 Å². The molecule has 1 unspecified atom stereocenters. The van der Waals surface area contributed by atoms with E-state index < -0.39 is 0 Å². The van der Waals surface area contributed by atoms with Crippen LogP contribution in [-0.2, 0) is 6.42 Å². The van der Waals surface area contributed by atoms with Crippen LogP contribution in [0, 0.1) is 0 Å². The van der Waals surface area contributed by atoms with Crippen LogP contribution >= 0.6 is 0 Å². The molecule has 0 spiro atoms. The van der Waals surface area contributed by atoms with Crippen molar-refractivity contribution in [1.82, 2.24) is 0 Å². The van der Waals surface area contributed by atoms with E-state index in [4.69, 9.17) is 28.9 Å². The maximum absolute atomic E-state index is 6.01. The lowest BCUT2D eigenvalue weighted by Crippen LogP contribution is -2.37. The smallest absolute Gasteiger partial charge is 0.0697 e. The topological polar surface area (TPSA) is 133 Å². The molecule has 122 valence electrons. The largest absolute Gasteiger partial charge is 0.399 e. The Morgan fingerprint density at radius 3 is 2.14 bits per heavy atom. The molecule has 1 aromatic carbocycles. The summed E-state index contributed by atoms with van der Waals surface area (Å²) in [4.78, 5) is 0. The molecule has 0 fully saturated rings. The molecule has 0 aliphatic carbocycles. The van der Waals surface area contributed by atoms with Crippen LogP contribution in [-0.4, -0.2) is 6.04 Å². The van der Waals surface area contributed by atoms with Crippen LogP contribution in [0.2, 0.25) is 0 Å². The van der Waals surface area contributed by atoms with Crippen molar-refractivity contribution in [2.24, 2.45) is 28.9 Å². The Kier molecular flexibility index (Phi) is 9.36. The Hall–Kier alpha value is -2.28. The summed E-state index contributed by atoms with van der Waals surface area (Å²) in [6.07, 6.45) is 5.73. The Balaban J connectivity index is 0.00000211. The van der Waals surface area contributed by atoms with Crippen LogP contribution in [0.4, 0.5) is 5.69 Å². The van der Waals surface area contributed by atoms with Crippen molar-refractivity contribution in [2.75, 3.05) is 5.12 Å². The highest BCUT2D eigenvalue weighted by Crippen LogP contribution is 2.12. The second-order valence-corrected chi connectivity index (χ2v) is 4.52. The molecule has 0 aliphatic rings. The van der Waals surface area contributed by atoms with Crippen LogP contribution in [0.15, 0.2) is 60.5 Å². The monoisotopic (exact) mass is 304 g/mol. The van der Waals surface area contributed by atoms with Crippen molar-refractivity contribution < 1.29 is 0 Å². The highest BCUT2D eigenvalue weighted by atomic mass is 15.6. The van der Waals surface area contributed by atoms with E-state index in [9.17, 15) is 0 Å². The van der Waals surface area contributed by atoms with Gasteiger partial charge < -0.3 is 17.2 Å². The highest BCUT2D eigenvalue weighted by Gasteiger charge is 2.02. The zero-order valence-corrected chi connectivity index (χ0v) is 13.4. The fourth-order valence-corrected chi connectivity index (χ4v) is 1.64. The number of rotatable bonds is 6. The van der Waals surface area contributed by atoms with Gasteiger partial charge in [-0.05, 0) is 42.3 Å². The number of hydrogen-bond acceptors (Lipinski definition) is 6. The van der Waals surface area contributed by atoms with Gasteiger partial charge in [-0.3, -0.25) is 0 Å². The van der Waals surface area contributed by atoms with Gasteiger partial charge in [0.25, 0.3) is 0 Å². The molecule has 0 saturated carbocycles. The second-order valence-electron chi connectivity index (χ2n) is 4.52. The van der Waals surface area contributed by atoms with Crippen LogP contribution < -0.4 is 34.0 Å². The zero-order chi connectivity index (χ0) is 17.1. The number of anilines is 1. The van der Waals surface area contributed by atoms with Gasteiger partial charge in [-0.15, -0.1) is 0 Å². The van der Waals surface area contributed by atoms with Gasteiger partial charge in [-0.25, -0.2) is 16.8 Å². The number of allylic oxidation sites excluding steroid dienone is 2. The Bertz CT molecular complexity index is 502. The normalized spacial score (nSPS) is 12.5. The van der Waals surface area contributed by atoms with Gasteiger partial charge in [0, 0.05) is 17.4 Å². The van der Waals surface area contributed by atoms with Crippen molar-refractivity contribution in [2.45, 2.75) is 26.3 Å². The SMILES string of the molecule is C=C(N)/C=C/C(N)=C/C(N)Cc1ccc(N(N)N)cc1.CC. The third kappa shape index (κ3) is 8.11. The number of nitrogens with zero attached hydrogens (tertiary/aromatic N) is 1. The van der Waals surface area contributed by atoms with Crippen molar-refractivity contribution in [3.63, 3.8) is 0 Å². The predicted octanol–water partition coefficient (Wildman–Crippen LogP) is 1.01. The summed E-state index contributed by atoms with van der Waals surface area (Å²) in [6, 6.07) is 7.30. The molecule has 0 aromatic heterocycles. The van der Waals surface area contributed by atoms with Gasteiger partial charge in [0.15, 0.2) is 0 Å². The molecule has 1 atom stereocenters. The molecule has 0 heterocycles. The molecule has 6 nitrogen and oxygen atoms in total. The van der Waals surface area contributed by atoms with E-state index in [0.29, 0.717) is 17.8 Å². The van der Waals surface area contributed by atoms with Crippen LogP contribution in [0.5, 0.6) is 0 Å². The average Bonchev–Trinajstić information content (AvgIpc) is 2.47. The average molecular weight is 304 g/mol. The van der Waals surface area contributed by atoms with Gasteiger partial charge in [-0.2, -0.15) is 0 Å². The summed E-state index contributed by atoms with van der Waals surface area (Å²) in [5.41, 5.74) is 20.0. The summed E-state index contributed by atoms with van der Waals surface area (Å²) in [6.45, 7) is 7.55. The van der Waals surface area contributed by atoms with Gasteiger partial charge >= 0.3 is 0 Å². The molecule has 1 rings (SSSR count). The molecular weight excluding hydrogens is 276 g/mol. The molecule has 0 radical (unpaired) electrons. The minimum absolute atomic E-state index is 0.191. The molecule has 0 bridgehead atoms. The van der Waals surface area contributed by atoms with Crippen LogP contribution in [0.1, 0.15) is 19.4 Å². The maximum atomic E-state index is 6.01. The van der Waals surface area contributed by atoms with Gasteiger partial charge in [0.1, 0.15) is 0 Å². The predicted molar refractivity (Wildman–Crippen MR) is 95.1 cm³/mol. The molecular formula is C16H28N6. The third-order valence-electron chi connectivity index (χ3n) is 2.60. The second kappa shape index (κ2) is 10.4. The lowest BCUT2D eigenvalue weighted by molar-refractivity contribution is 0.803. The van der Waals surface area contributed by atoms with Gasteiger partial charge in [0.05, 0.1) is 5.69 Å². The molecule has 1 aromatic rings. The fourth-order valence-electron chi connectivity index (χ4n) is 1.64. The van der Waals surface area contributed by atoms with E-state index in [1.807, 2.05) is 38.1 Å². The summed E-state index contributed by atoms with van der Waals surface area (Å²) in [7, 11) is 0. The fraction of sp³-hybridized carbons (Fsp3) is 0.250. The zero-order valence-electron chi connectivity index (χ0n) is 13.4. The quantitative estimate of drug-likeness (QED) is 0.302. The summed E-state index contributed by atoms with van der Waals surface area (Å²) >= 11 is 0. The third-order valence-corrected chi connectivity index (χ3v) is 2.60. The van der Waals surface area contributed by atoms with Crippen LogP contribution in [0.3, 0.4) is 0 Å². The molecule has 6 heteroatoms. The van der Waals surface area contributed by atoms with Crippen LogP contribution in [0.25, 0.3) is 0 Å². The lowest BCUT2D eigenvalue weighted by Gasteiger charge is -2.12. The first kappa shape index (κ1) is 19.7. The van der Waals surface area contributed by atoms with Gasteiger partial charge in [-0.1, -0.05) is 32.6 Å². The number of hydrazine groups is 2. The molecule has 22 heavy (non-hydrogen) atoms. The van der Waals surface area contributed by atoms with Crippen molar-refractivity contribution in [3.8, 4) is 0 Å². The summed E-state index contributed by atoms with van der Waals surface area (Å²) in [5, 5.41) is 1.06. The summed E-state index contributed by atoms with van der Waals surface area (Å²) < 4.78 is 0. The molecule has 0 saturated heterocycles. The number of hydrogen-bond donors (Lipinski definition) is 5. The van der Waals surface area contributed by atoms with E-state index in [1.54, 1.807) is 18.2 Å². The Labute approximate surface area is 132 Å². The Morgan fingerprint density at radius 1 is 1.14 bits per heavy atom. The standard InChI is InChI=1S/C14H22N6.C2H6/c1-10(15)2-5-12(16)9-13(17)8-11-3-6-14(7-4-11)20(18)19;1-2/h2-7,9,13H,1,8,15-19H2;1-2H3/b5-2+,12-9-;. The number of benzene rings is 1. The molecule has 0 amide bonds. The highest BCUT2D eigenvalue weighted by molar-refractivity contribution is 5.44. The minimum atomic E-state index is -0.191. The lowest BCUT2D eigenvalue weighted by atomic mass is 10.1. The first-order chi connectivity index (χ1) is 10.4. The minimum Gasteiger partial charge on any atom is -0.399 e. The van der Waals surface area contributed by atoms with Crippen molar-refractivity contribution >= 4 is 5.69 Å². The van der Waals surface area contributed by atoms with Crippen molar-refractivity contribution in [1.29, 1.82) is 0 Å². The maximum Gasteiger partial charge on any atom is 0.0697 e. The van der Waals surface area contributed by atoms with Gasteiger partial charge in [0.2, 0.25) is 0 Å². The number of nitrogens with two attached hydrogens (primary N) is 5.